The lowest BCUT2D eigenvalue weighted by atomic mass is 9.98. The standard InChI is InChI=1S/C19H21BrN2O2S.C19H21ClN2O2S.C19H21FN2O2S.C18H19BrN2O2S.C18H18Cl2N2O2S.C18H19FN2O2S/c3*1-24-17-7-4-14-12-22(11-9-16(14)18(17)23)19(25)21-10-8-13-2-5-15(20)6-3-13;19-14-4-1-12(2-5-14)7-9-20-18(24)21-10-8-15-13(11-21)3-6-16(22)17(15)23;19-13-3-1-11(2-4-13)5-7-21-18(25)22-8-6-14-12(10-22)9-15(23)17(24)16(14)20;19-14-4-1-12(2-5-14)7-9-20-18(24)21-10-8-15-13(11-21)3-6-16(22)17(15)23/h3*2-7,23H,8-12H2,1H3,(H,21,25);1-6,22-23H,7-11H2,(H,20,24);1-4,9,23-24H,5-8,10H2,(H,21,25);1-6,22-23H,7-11H2,(H,20,24). The van der Waals surface area contributed by atoms with Crippen molar-refractivity contribution in [2.75, 3.05) is 99.9 Å². The molecule has 18 rings (SSSR count). The summed E-state index contributed by atoms with van der Waals surface area (Å²) in [6.45, 7) is 12.8. The van der Waals surface area contributed by atoms with Crippen LogP contribution in [0.25, 0.3) is 0 Å². The number of phenols is 9. The van der Waals surface area contributed by atoms with Crippen LogP contribution >= 0.6 is 140 Å². The molecule has 0 radical (unpaired) electrons. The van der Waals surface area contributed by atoms with Gasteiger partial charge in [0.1, 0.15) is 11.6 Å². The number of nitrogens with zero attached hydrogens (tertiary/aromatic N) is 6. The van der Waals surface area contributed by atoms with Gasteiger partial charge < -0.3 is 121 Å². The first kappa shape index (κ1) is 113. The third-order valence-corrected chi connectivity index (χ3v) is 30.5. The number of methoxy groups -OCH3 is 3. The molecule has 0 aliphatic carbocycles. The monoisotopic (exact) mass is 2300 g/mol. The Labute approximate surface area is 926 Å². The van der Waals surface area contributed by atoms with E-state index in [1.165, 1.54) is 58.7 Å². The van der Waals surface area contributed by atoms with Crippen LogP contribution in [0.15, 0.2) is 221 Å². The third-order valence-electron chi connectivity index (χ3n) is 26.1. The van der Waals surface area contributed by atoms with E-state index in [0.29, 0.717) is 117 Å². The van der Waals surface area contributed by atoms with Gasteiger partial charge in [0.15, 0.2) is 99.7 Å². The van der Waals surface area contributed by atoms with E-state index in [9.17, 15) is 54.7 Å². The van der Waals surface area contributed by atoms with Gasteiger partial charge in [-0.1, -0.05) is 170 Å². The van der Waals surface area contributed by atoms with Crippen molar-refractivity contribution in [3.63, 3.8) is 0 Å². The first-order valence-corrected chi connectivity index (χ1v) is 53.5. The zero-order valence-electron chi connectivity index (χ0n) is 81.9. The molecular weight excluding hydrogens is 2190 g/mol. The van der Waals surface area contributed by atoms with Crippen LogP contribution < -0.4 is 46.1 Å². The van der Waals surface area contributed by atoms with Gasteiger partial charge in [-0.3, -0.25) is 0 Å². The fourth-order valence-electron chi connectivity index (χ4n) is 17.7. The van der Waals surface area contributed by atoms with Gasteiger partial charge in [-0.05, 0) is 332 Å². The summed E-state index contributed by atoms with van der Waals surface area (Å²) in [5.74, 6) is 1.23. The number of benzene rings is 12. The van der Waals surface area contributed by atoms with Crippen LogP contribution in [0.3, 0.4) is 0 Å². The molecule has 0 amide bonds. The molecule has 24 nitrogen and oxygen atoms in total. The van der Waals surface area contributed by atoms with E-state index in [0.717, 1.165) is 222 Å². The Hall–Kier alpha value is -11.9. The molecule has 0 aromatic heterocycles. The average Bonchev–Trinajstić information content (AvgIpc) is 0.781. The number of phenolic OH excluding ortho intramolecular Hbond substituents is 9. The van der Waals surface area contributed by atoms with Gasteiger partial charge in [-0.25, -0.2) is 8.78 Å². The predicted octanol–water partition coefficient (Wildman–Crippen LogP) is 20.1. The first-order chi connectivity index (χ1) is 71.3. The lowest BCUT2D eigenvalue weighted by molar-refractivity contribution is 0.351. The lowest BCUT2D eigenvalue weighted by Gasteiger charge is -2.32. The Balaban J connectivity index is 0.000000148. The Morgan fingerprint density at radius 2 is 0.493 bits per heavy atom. The highest BCUT2D eigenvalue weighted by atomic mass is 79.9. The van der Waals surface area contributed by atoms with Crippen molar-refractivity contribution in [1.82, 2.24) is 61.3 Å². The lowest BCUT2D eigenvalue weighted by Crippen LogP contribution is -2.43. The summed E-state index contributed by atoms with van der Waals surface area (Å²) >= 11 is 57.8. The van der Waals surface area contributed by atoms with Crippen molar-refractivity contribution in [3.05, 3.63) is 348 Å². The summed E-state index contributed by atoms with van der Waals surface area (Å²) in [7, 11) is 4.69. The summed E-state index contributed by atoms with van der Waals surface area (Å²) in [4.78, 5) is 12.5. The van der Waals surface area contributed by atoms with Crippen molar-refractivity contribution in [3.8, 4) is 69.0 Å². The second-order valence-electron chi connectivity index (χ2n) is 35.8. The molecule has 6 aliphatic heterocycles. The molecule has 0 atom stereocenters. The molecule has 0 bridgehead atoms. The number of nitrogens with one attached hydrogen (secondary N) is 6. The number of thiocarbonyl (C=S) groups is 6. The minimum Gasteiger partial charge on any atom is -0.504 e. The van der Waals surface area contributed by atoms with Crippen LogP contribution in [0.1, 0.15) is 100 Å². The van der Waals surface area contributed by atoms with Gasteiger partial charge in [0.2, 0.25) is 0 Å². The minimum absolute atomic E-state index is 0.00117. The van der Waals surface area contributed by atoms with Crippen molar-refractivity contribution in [2.24, 2.45) is 0 Å². The Morgan fingerprint density at radius 3 is 0.743 bits per heavy atom. The smallest absolute Gasteiger partial charge is 0.176 e. The largest absolute Gasteiger partial charge is 0.504 e. The van der Waals surface area contributed by atoms with Crippen molar-refractivity contribution in [2.45, 2.75) is 116 Å². The Morgan fingerprint density at radius 1 is 0.277 bits per heavy atom. The summed E-state index contributed by atoms with van der Waals surface area (Å²) in [6.07, 6.45) is 9.31. The number of rotatable bonds is 21. The van der Waals surface area contributed by atoms with Gasteiger partial charge in [0.25, 0.3) is 0 Å². The third kappa shape index (κ3) is 31.8. The second kappa shape index (κ2) is 55.5. The van der Waals surface area contributed by atoms with E-state index in [1.54, 1.807) is 63.8 Å². The predicted molar refractivity (Wildman–Crippen MR) is 613 cm³/mol. The van der Waals surface area contributed by atoms with Crippen LogP contribution in [0.2, 0.25) is 15.1 Å². The van der Waals surface area contributed by atoms with Gasteiger partial charge in [0.05, 0.1) is 26.4 Å². The highest BCUT2D eigenvalue weighted by Crippen LogP contribution is 2.43. The summed E-state index contributed by atoms with van der Waals surface area (Å²) in [5.41, 5.74) is 18.5. The second-order valence-corrected chi connectivity index (χ2v) is 41.2. The fourth-order valence-corrected chi connectivity index (χ4v) is 20.4. The highest BCUT2D eigenvalue weighted by molar-refractivity contribution is 9.10. The fraction of sp³-hybridized carbons (Fsp3) is 0.297. The van der Waals surface area contributed by atoms with Crippen molar-refractivity contribution >= 4 is 171 Å². The molecule has 0 saturated heterocycles. The summed E-state index contributed by atoms with van der Waals surface area (Å²) < 4.78 is 43.5. The van der Waals surface area contributed by atoms with Crippen molar-refractivity contribution in [1.29, 1.82) is 0 Å². The number of hydrogen-bond donors (Lipinski definition) is 15. The van der Waals surface area contributed by atoms with E-state index in [-0.39, 0.29) is 68.4 Å². The SMILES string of the molecule is COc1ccc2c(c1O)CCN(C(=S)NCCc1ccc(Br)cc1)C2.COc1ccc2c(c1O)CCN(C(=S)NCCc1ccc(Cl)cc1)C2.COc1ccc2c(c1O)CCN(C(=S)NCCc1ccc(F)cc1)C2.Oc1cc2c(c(Cl)c1O)CCN(C(=S)NCCc1ccc(Cl)cc1)C2.Oc1ccc2c(c1O)CCN(C(=S)NCCc1ccc(Br)cc1)C2.Oc1ccc2c(c1O)CCN(C(=S)NCCc1ccc(F)cc1)C2. The highest BCUT2D eigenvalue weighted by Gasteiger charge is 2.31. The quantitative estimate of drug-likeness (QED) is 0.0235. The van der Waals surface area contributed by atoms with Gasteiger partial charge in [-0.15, -0.1) is 0 Å². The Bertz CT molecular complexity index is 6190. The van der Waals surface area contributed by atoms with Crippen LogP contribution in [0.5, 0.6) is 69.0 Å². The molecule has 0 saturated carbocycles. The Kier molecular flexibility index (Phi) is 42.5. The number of hydrogen-bond acceptors (Lipinski definition) is 18. The van der Waals surface area contributed by atoms with E-state index < -0.39 is 0 Å². The molecule has 12 aromatic carbocycles. The molecule has 6 aliphatic rings. The summed E-state index contributed by atoms with van der Waals surface area (Å²) in [5, 5.41) is 115. The van der Waals surface area contributed by atoms with Crippen LogP contribution in [-0.4, -0.2) is 206 Å². The van der Waals surface area contributed by atoms with E-state index in [4.69, 9.17) is 122 Å². The molecule has 0 spiro atoms. The molecular formula is C111H119Br2Cl3F2N12O12S6. The molecule has 0 unspecified atom stereocenters. The van der Waals surface area contributed by atoms with Crippen molar-refractivity contribution < 1.29 is 69.0 Å². The summed E-state index contributed by atoms with van der Waals surface area (Å²) in [6, 6.07) is 64.8. The zero-order chi connectivity index (χ0) is 106. The molecule has 0 fully saturated rings. The maximum Gasteiger partial charge on any atom is 0.176 e. The molecule has 37 heteroatoms. The van der Waals surface area contributed by atoms with Gasteiger partial charge in [-0.2, -0.15) is 0 Å². The number of halogens is 7. The minimum atomic E-state index is -0.252. The van der Waals surface area contributed by atoms with Crippen LogP contribution in [0.4, 0.5) is 8.78 Å². The van der Waals surface area contributed by atoms with Crippen LogP contribution in [-0.2, 0) is 116 Å². The molecule has 6 heterocycles. The van der Waals surface area contributed by atoms with Gasteiger partial charge in [0, 0.05) is 165 Å². The van der Waals surface area contributed by atoms with Crippen LogP contribution in [0, 0.1) is 11.6 Å². The van der Waals surface area contributed by atoms with E-state index >= 15 is 0 Å². The van der Waals surface area contributed by atoms with E-state index in [1.807, 2.05) is 107 Å². The van der Waals surface area contributed by atoms with E-state index in [2.05, 4.69) is 120 Å². The number of fused-ring (bicyclic) bond motifs is 6. The molecule has 12 aromatic rings. The molecule has 780 valence electrons. The van der Waals surface area contributed by atoms with Gasteiger partial charge >= 0.3 is 0 Å². The maximum atomic E-state index is 12.9. The number of aromatic hydroxyl groups is 9. The topological polar surface area (TPSA) is 301 Å². The first-order valence-electron chi connectivity index (χ1n) is 48.3. The molecule has 15 N–H and O–H groups in total. The molecule has 148 heavy (non-hydrogen) atoms. The zero-order valence-corrected chi connectivity index (χ0v) is 92.3. The average molecular weight is 2310 g/mol. The number of ether oxygens (including phenoxy) is 3. The normalized spacial score (nSPS) is 13.4. The maximum absolute atomic E-state index is 12.9.